The summed E-state index contributed by atoms with van der Waals surface area (Å²) in [5.41, 5.74) is 10.4. The fourth-order valence-corrected chi connectivity index (χ4v) is 1.93. The Morgan fingerprint density at radius 3 is 2.55 bits per heavy atom. The van der Waals surface area contributed by atoms with Crippen molar-refractivity contribution in [1.82, 2.24) is 0 Å². The summed E-state index contributed by atoms with van der Waals surface area (Å²) in [6.45, 7) is 0. The molecule has 0 aliphatic rings. The number of hydrogen-bond acceptors (Lipinski definition) is 6. The van der Waals surface area contributed by atoms with Crippen LogP contribution in [0.25, 0.3) is 0 Å². The minimum absolute atomic E-state index is 0.176. The lowest BCUT2D eigenvalue weighted by Crippen LogP contribution is -2.21. The van der Waals surface area contributed by atoms with Gasteiger partial charge in [0.05, 0.1) is 37.0 Å². The third kappa shape index (κ3) is 3.35. The average molecular weight is 346 g/mol. The van der Waals surface area contributed by atoms with Gasteiger partial charge in [0.15, 0.2) is 11.5 Å². The van der Waals surface area contributed by atoms with Gasteiger partial charge >= 0.3 is 0 Å². The molecule has 0 saturated carbocycles. The molecule has 1 aromatic carbocycles. The minimum atomic E-state index is -0.566. The molecule has 0 aromatic heterocycles. The number of nitro groups is 1. The zero-order valence-corrected chi connectivity index (χ0v) is 12.2. The van der Waals surface area contributed by atoms with Crippen molar-refractivity contribution < 1.29 is 14.4 Å². The van der Waals surface area contributed by atoms with Crippen LogP contribution in [0, 0.1) is 10.1 Å². The van der Waals surface area contributed by atoms with Crippen molar-refractivity contribution in [2.24, 2.45) is 21.7 Å². The van der Waals surface area contributed by atoms with E-state index in [-0.39, 0.29) is 33.2 Å². The van der Waals surface area contributed by atoms with Gasteiger partial charge in [-0.25, -0.2) is 0 Å². The normalized spacial score (nSPS) is 10.3. The van der Waals surface area contributed by atoms with Crippen LogP contribution in [0.3, 0.4) is 0 Å². The summed E-state index contributed by atoms with van der Waals surface area (Å²) < 4.78 is 10.4. The fourth-order valence-electron chi connectivity index (χ4n) is 1.39. The molecule has 0 aliphatic carbocycles. The van der Waals surface area contributed by atoms with Gasteiger partial charge < -0.3 is 20.9 Å². The molecule has 0 bridgehead atoms. The van der Waals surface area contributed by atoms with Crippen molar-refractivity contribution in [3.8, 4) is 11.5 Å². The van der Waals surface area contributed by atoms with Gasteiger partial charge in [0, 0.05) is 0 Å². The van der Waals surface area contributed by atoms with E-state index < -0.39 is 4.92 Å². The van der Waals surface area contributed by atoms with E-state index in [0.717, 1.165) is 0 Å². The molecule has 0 unspecified atom stereocenters. The first-order valence-corrected chi connectivity index (χ1v) is 5.92. The van der Waals surface area contributed by atoms with Crippen molar-refractivity contribution in [3.05, 3.63) is 26.2 Å². The molecule has 0 saturated heterocycles. The molecule has 0 amide bonds. The average Bonchev–Trinajstić information content (AvgIpc) is 2.39. The van der Waals surface area contributed by atoms with Gasteiger partial charge in [-0.15, -0.1) is 5.10 Å². The van der Waals surface area contributed by atoms with Crippen molar-refractivity contribution in [2.75, 3.05) is 14.2 Å². The molecule has 0 heterocycles. The number of hydrogen-bond donors (Lipinski definition) is 2. The molecule has 0 atom stereocenters. The van der Waals surface area contributed by atoms with Crippen LogP contribution in [-0.4, -0.2) is 31.3 Å². The second-order valence-corrected chi connectivity index (χ2v) is 4.18. The summed E-state index contributed by atoms with van der Waals surface area (Å²) in [6, 6.07) is 1.24. The maximum Gasteiger partial charge on any atom is 0.288 e. The van der Waals surface area contributed by atoms with Gasteiger partial charge in [-0.2, -0.15) is 5.10 Å². The number of benzene rings is 1. The quantitative estimate of drug-likeness (QED) is 0.353. The van der Waals surface area contributed by atoms with E-state index >= 15 is 0 Å². The zero-order chi connectivity index (χ0) is 15.3. The van der Waals surface area contributed by atoms with Crippen molar-refractivity contribution in [2.45, 2.75) is 0 Å². The minimum Gasteiger partial charge on any atom is -0.493 e. The number of rotatable bonds is 5. The Bertz CT molecular complexity index is 584. The fraction of sp³-hybridized carbons (Fsp3) is 0.200. The third-order valence-corrected chi connectivity index (χ3v) is 3.01. The predicted octanol–water partition coefficient (Wildman–Crippen LogP) is 0.982. The summed E-state index contributed by atoms with van der Waals surface area (Å²) in [7, 11) is 2.76. The number of guanidine groups is 1. The lowest BCUT2D eigenvalue weighted by molar-refractivity contribution is -0.385. The molecule has 4 N–H and O–H groups in total. The van der Waals surface area contributed by atoms with E-state index in [4.69, 9.17) is 20.9 Å². The SMILES string of the molecule is COc1cc([N+](=O)[O-])c(Br)c(C=NN=C(N)N)c1OC. The number of ether oxygens (including phenoxy) is 2. The highest BCUT2D eigenvalue weighted by Crippen LogP contribution is 2.41. The van der Waals surface area contributed by atoms with Gasteiger partial charge in [-0.1, -0.05) is 0 Å². The zero-order valence-electron chi connectivity index (χ0n) is 10.7. The monoisotopic (exact) mass is 345 g/mol. The van der Waals surface area contributed by atoms with Crippen molar-refractivity contribution in [3.63, 3.8) is 0 Å². The van der Waals surface area contributed by atoms with Gasteiger partial charge in [0.2, 0.25) is 5.96 Å². The topological polar surface area (TPSA) is 138 Å². The van der Waals surface area contributed by atoms with Gasteiger partial charge in [0.25, 0.3) is 5.69 Å². The molecule has 108 valence electrons. The van der Waals surface area contributed by atoms with Gasteiger partial charge in [0.1, 0.15) is 4.47 Å². The number of halogens is 1. The van der Waals surface area contributed by atoms with Crippen LogP contribution >= 0.6 is 15.9 Å². The van der Waals surface area contributed by atoms with Gasteiger partial charge in [-0.05, 0) is 15.9 Å². The van der Waals surface area contributed by atoms with Crippen LogP contribution in [-0.2, 0) is 0 Å². The lowest BCUT2D eigenvalue weighted by atomic mass is 10.1. The molecule has 0 fully saturated rings. The summed E-state index contributed by atoms with van der Waals surface area (Å²) in [5.74, 6) is 0.210. The lowest BCUT2D eigenvalue weighted by Gasteiger charge is -2.11. The summed E-state index contributed by atoms with van der Waals surface area (Å²) in [5, 5.41) is 18.0. The van der Waals surface area contributed by atoms with E-state index in [2.05, 4.69) is 26.1 Å². The van der Waals surface area contributed by atoms with E-state index in [1.807, 2.05) is 0 Å². The van der Waals surface area contributed by atoms with Crippen LogP contribution in [0.15, 0.2) is 20.7 Å². The van der Waals surface area contributed by atoms with Crippen LogP contribution in [0.4, 0.5) is 5.69 Å². The Hall–Kier alpha value is -2.36. The largest absolute Gasteiger partial charge is 0.493 e. The maximum atomic E-state index is 11.0. The second kappa shape index (κ2) is 6.70. The first-order chi connectivity index (χ1) is 9.42. The second-order valence-electron chi connectivity index (χ2n) is 3.39. The standard InChI is InChI=1S/C10H12BrN5O4/c1-19-7-3-6(16(17)18)8(11)5(9(7)20-2)4-14-15-10(12)13/h3-4H,1-2H3,(H4,12,13,15). The first-order valence-electron chi connectivity index (χ1n) is 5.13. The summed E-state index contributed by atoms with van der Waals surface area (Å²) in [6.07, 6.45) is 1.22. The highest BCUT2D eigenvalue weighted by molar-refractivity contribution is 9.10. The highest BCUT2D eigenvalue weighted by Gasteiger charge is 2.23. The molecule has 0 radical (unpaired) electrons. The predicted molar refractivity (Wildman–Crippen MR) is 77.3 cm³/mol. The number of nitro benzene ring substituents is 1. The molecule has 1 aromatic rings. The van der Waals surface area contributed by atoms with Crippen molar-refractivity contribution >= 4 is 33.8 Å². The molecule has 1 rings (SSSR count). The molecule has 20 heavy (non-hydrogen) atoms. The summed E-state index contributed by atoms with van der Waals surface area (Å²) >= 11 is 3.12. The third-order valence-electron chi connectivity index (χ3n) is 2.18. The van der Waals surface area contributed by atoms with E-state index in [9.17, 15) is 10.1 Å². The molecule has 0 spiro atoms. The van der Waals surface area contributed by atoms with Crippen LogP contribution in [0.5, 0.6) is 11.5 Å². The Balaban J connectivity index is 3.52. The Morgan fingerprint density at radius 2 is 2.10 bits per heavy atom. The molecule has 10 heteroatoms. The smallest absolute Gasteiger partial charge is 0.288 e. The van der Waals surface area contributed by atoms with Crippen LogP contribution in [0.1, 0.15) is 5.56 Å². The van der Waals surface area contributed by atoms with Crippen molar-refractivity contribution in [1.29, 1.82) is 0 Å². The Kier molecular flexibility index (Phi) is 5.26. The first kappa shape index (κ1) is 15.7. The number of nitrogens with zero attached hydrogens (tertiary/aromatic N) is 3. The van der Waals surface area contributed by atoms with Gasteiger partial charge in [-0.3, -0.25) is 10.1 Å². The number of nitrogens with two attached hydrogens (primary N) is 2. The summed E-state index contributed by atoms with van der Waals surface area (Å²) in [4.78, 5) is 10.4. The van der Waals surface area contributed by atoms with Crippen LogP contribution < -0.4 is 20.9 Å². The van der Waals surface area contributed by atoms with Crippen LogP contribution in [0.2, 0.25) is 0 Å². The molecule has 9 nitrogen and oxygen atoms in total. The molecule has 0 aliphatic heterocycles. The molecular formula is C10H12BrN5O4. The van der Waals surface area contributed by atoms with E-state index in [1.165, 1.54) is 26.5 Å². The Labute approximate surface area is 122 Å². The molecular weight excluding hydrogens is 334 g/mol. The number of methoxy groups -OCH3 is 2. The highest BCUT2D eigenvalue weighted by atomic mass is 79.9. The Morgan fingerprint density at radius 1 is 1.45 bits per heavy atom. The van der Waals surface area contributed by atoms with E-state index in [0.29, 0.717) is 0 Å². The maximum absolute atomic E-state index is 11.0. The van der Waals surface area contributed by atoms with E-state index in [1.54, 1.807) is 0 Å².